The molecular weight excluding hydrogens is 595 g/mol. The van der Waals surface area contributed by atoms with Crippen LogP contribution in [0.5, 0.6) is 0 Å². The van der Waals surface area contributed by atoms with Gasteiger partial charge in [-0.05, 0) is 67.1 Å². The number of halogens is 1. The summed E-state index contributed by atoms with van der Waals surface area (Å²) in [6.07, 6.45) is 3.19. The van der Waals surface area contributed by atoms with Gasteiger partial charge >= 0.3 is 10.8 Å². The smallest absolute Gasteiger partial charge is 0.338 e. The number of aromatic nitrogens is 2. The van der Waals surface area contributed by atoms with Crippen LogP contribution in [0, 0.1) is 11.7 Å². The highest BCUT2D eigenvalue weighted by Crippen LogP contribution is 2.53. The molecule has 4 heterocycles. The van der Waals surface area contributed by atoms with E-state index in [2.05, 4.69) is 10.3 Å². The molecule has 218 valence electrons. The number of fused-ring (bicyclic) bond motifs is 2. The Balaban J connectivity index is 1.35. The van der Waals surface area contributed by atoms with Crippen LogP contribution in [0.1, 0.15) is 33.6 Å². The minimum atomic E-state index is -0.879. The average molecular weight is 619 g/mol. The molecule has 1 N–H and O–H groups in total. The fourth-order valence-electron chi connectivity index (χ4n) is 5.27. The Morgan fingerprint density at radius 1 is 1.02 bits per heavy atom. The van der Waals surface area contributed by atoms with Gasteiger partial charge in [-0.2, -0.15) is 0 Å². The van der Waals surface area contributed by atoms with Gasteiger partial charge in [-0.15, -0.1) is 0 Å². The van der Waals surface area contributed by atoms with Crippen molar-refractivity contribution in [2.24, 2.45) is 5.92 Å². The average Bonchev–Trinajstić information content (AvgIpc) is 3.45. The van der Waals surface area contributed by atoms with Gasteiger partial charge in [-0.1, -0.05) is 29.2 Å². The van der Waals surface area contributed by atoms with Crippen molar-refractivity contribution >= 4 is 58.2 Å². The van der Waals surface area contributed by atoms with Gasteiger partial charge in [0.2, 0.25) is 17.7 Å². The normalized spacial score (nSPS) is 19.1. The monoisotopic (exact) mass is 618 g/mol. The standard InChI is InChI=1S/C30H23FN4O6S2/c1-2-41-29(39)16-5-11-20(12-6-16)35-26(37)23-22(17-4-3-13-32-14-17)25-28(42-24(23)27(35)38)34(30(40)43-25)15-21(36)33-19-9-7-18(31)8-10-19/h3-14,22-24H,2,15H2,1H3,(H,33,36)/t22-,23+,24-/m0/s1. The Morgan fingerprint density at radius 3 is 2.44 bits per heavy atom. The molecule has 2 aromatic carbocycles. The minimum absolute atomic E-state index is 0.211. The van der Waals surface area contributed by atoms with E-state index in [1.54, 1.807) is 31.5 Å². The Kier molecular flexibility index (Phi) is 7.67. The first-order valence-electron chi connectivity index (χ1n) is 13.3. The molecular formula is C30H23FN4O6S2. The second kappa shape index (κ2) is 11.6. The van der Waals surface area contributed by atoms with Gasteiger partial charge in [0.15, 0.2) is 0 Å². The van der Waals surface area contributed by atoms with E-state index in [4.69, 9.17) is 4.74 Å². The van der Waals surface area contributed by atoms with Crippen LogP contribution in [0.15, 0.2) is 82.9 Å². The van der Waals surface area contributed by atoms with Crippen LogP contribution in [-0.4, -0.2) is 45.1 Å². The molecule has 10 nitrogen and oxygen atoms in total. The van der Waals surface area contributed by atoms with Crippen molar-refractivity contribution in [3.8, 4) is 0 Å². The fraction of sp³-hybridized carbons (Fsp3) is 0.200. The number of anilines is 2. The number of thiazole rings is 1. The Labute approximate surface area is 252 Å². The summed E-state index contributed by atoms with van der Waals surface area (Å²) in [6, 6.07) is 14.8. The fourth-order valence-corrected chi connectivity index (χ4v) is 8.04. The lowest BCUT2D eigenvalue weighted by molar-refractivity contribution is -0.122. The summed E-state index contributed by atoms with van der Waals surface area (Å²) in [5.41, 5.74) is 1.62. The Bertz CT molecular complexity index is 1790. The van der Waals surface area contributed by atoms with Crippen molar-refractivity contribution in [3.05, 3.63) is 105 Å². The molecule has 2 aliphatic heterocycles. The van der Waals surface area contributed by atoms with Crippen LogP contribution in [0.2, 0.25) is 0 Å². The molecule has 4 aromatic rings. The van der Waals surface area contributed by atoms with E-state index in [0.29, 0.717) is 26.8 Å². The third-order valence-corrected chi connectivity index (χ3v) is 9.76. The summed E-state index contributed by atoms with van der Waals surface area (Å²) < 4.78 is 19.6. The molecule has 2 aliphatic rings. The highest BCUT2D eigenvalue weighted by Gasteiger charge is 2.56. The SMILES string of the molecule is CCOC(=O)c1ccc(N2C(=O)[C@@H]3[C@H](c4cccnc4)c4sc(=O)n(CC(=O)Nc5ccc(F)cc5)c4S[C@@H]3C2=O)cc1. The minimum Gasteiger partial charge on any atom is -0.462 e. The number of esters is 1. The third-order valence-electron chi connectivity index (χ3n) is 7.16. The molecule has 1 saturated heterocycles. The van der Waals surface area contributed by atoms with Crippen LogP contribution < -0.4 is 15.1 Å². The number of imide groups is 1. The molecule has 0 aliphatic carbocycles. The summed E-state index contributed by atoms with van der Waals surface area (Å²) in [4.78, 5) is 71.5. The van der Waals surface area contributed by atoms with Crippen LogP contribution in [0.25, 0.3) is 0 Å². The lowest BCUT2D eigenvalue weighted by Gasteiger charge is -2.30. The highest BCUT2D eigenvalue weighted by atomic mass is 32.2. The number of hydrogen-bond donors (Lipinski definition) is 1. The molecule has 3 amide bonds. The van der Waals surface area contributed by atoms with Crippen LogP contribution in [0.3, 0.4) is 0 Å². The van der Waals surface area contributed by atoms with E-state index < -0.39 is 51.5 Å². The van der Waals surface area contributed by atoms with Crippen LogP contribution in [-0.2, 0) is 25.7 Å². The quantitative estimate of drug-likeness (QED) is 0.243. The predicted octanol–water partition coefficient (Wildman–Crippen LogP) is 4.06. The highest BCUT2D eigenvalue weighted by molar-refractivity contribution is 8.00. The maximum atomic E-state index is 14.0. The topological polar surface area (TPSA) is 128 Å². The number of amides is 3. The van der Waals surface area contributed by atoms with Gasteiger partial charge in [-0.25, -0.2) is 14.1 Å². The molecule has 13 heteroatoms. The van der Waals surface area contributed by atoms with E-state index in [0.717, 1.165) is 28.0 Å². The van der Waals surface area contributed by atoms with E-state index in [1.165, 1.54) is 53.1 Å². The second-order valence-corrected chi connectivity index (χ2v) is 11.9. The summed E-state index contributed by atoms with van der Waals surface area (Å²) in [5.74, 6) is -3.87. The predicted molar refractivity (Wildman–Crippen MR) is 158 cm³/mol. The summed E-state index contributed by atoms with van der Waals surface area (Å²) in [7, 11) is 0. The van der Waals surface area contributed by atoms with Crippen molar-refractivity contribution < 1.29 is 28.3 Å². The first kappa shape index (κ1) is 28.5. The number of carbonyl (C=O) groups is 4. The number of nitrogens with zero attached hydrogens (tertiary/aromatic N) is 3. The molecule has 1 fully saturated rings. The van der Waals surface area contributed by atoms with Crippen LogP contribution in [0.4, 0.5) is 15.8 Å². The first-order chi connectivity index (χ1) is 20.8. The van der Waals surface area contributed by atoms with E-state index in [-0.39, 0.29) is 18.7 Å². The molecule has 0 bridgehead atoms. The van der Waals surface area contributed by atoms with E-state index >= 15 is 0 Å². The number of ether oxygens (including phenoxy) is 1. The number of hydrogen-bond acceptors (Lipinski definition) is 9. The van der Waals surface area contributed by atoms with Crippen molar-refractivity contribution in [2.75, 3.05) is 16.8 Å². The zero-order valence-electron chi connectivity index (χ0n) is 22.6. The molecule has 3 atom stereocenters. The second-order valence-electron chi connectivity index (χ2n) is 9.79. The molecule has 6 rings (SSSR count). The number of carbonyl (C=O) groups excluding carboxylic acids is 4. The van der Waals surface area contributed by atoms with Crippen LogP contribution >= 0.6 is 23.1 Å². The summed E-state index contributed by atoms with van der Waals surface area (Å²) in [6.45, 7) is 1.57. The molecule has 0 saturated carbocycles. The van der Waals surface area contributed by atoms with Crippen molar-refractivity contribution in [1.82, 2.24) is 9.55 Å². The lowest BCUT2D eigenvalue weighted by Crippen LogP contribution is -2.33. The largest absolute Gasteiger partial charge is 0.462 e. The van der Waals surface area contributed by atoms with Crippen molar-refractivity contribution in [1.29, 1.82) is 0 Å². The number of nitrogens with one attached hydrogen (secondary N) is 1. The first-order valence-corrected chi connectivity index (χ1v) is 15.0. The number of rotatable bonds is 7. The van der Waals surface area contributed by atoms with Crippen molar-refractivity contribution in [3.63, 3.8) is 0 Å². The van der Waals surface area contributed by atoms with Gasteiger partial charge < -0.3 is 10.1 Å². The Hall–Kier alpha value is -4.62. The van der Waals surface area contributed by atoms with Gasteiger partial charge in [0, 0.05) is 28.9 Å². The molecule has 0 radical (unpaired) electrons. The summed E-state index contributed by atoms with van der Waals surface area (Å²) >= 11 is 2.01. The van der Waals surface area contributed by atoms with Gasteiger partial charge in [0.25, 0.3) is 0 Å². The van der Waals surface area contributed by atoms with E-state index in [1.807, 2.05) is 0 Å². The molecule has 2 aromatic heterocycles. The number of pyridine rings is 1. The Morgan fingerprint density at radius 2 is 1.77 bits per heavy atom. The maximum Gasteiger partial charge on any atom is 0.338 e. The molecule has 43 heavy (non-hydrogen) atoms. The van der Waals surface area contributed by atoms with Gasteiger partial charge in [-0.3, -0.25) is 28.7 Å². The van der Waals surface area contributed by atoms with Crippen molar-refractivity contribution in [2.45, 2.75) is 29.7 Å². The zero-order chi connectivity index (χ0) is 30.2. The third kappa shape index (κ3) is 5.25. The van der Waals surface area contributed by atoms with E-state index in [9.17, 15) is 28.4 Å². The summed E-state index contributed by atoms with van der Waals surface area (Å²) in [5, 5.41) is 2.20. The van der Waals surface area contributed by atoms with Gasteiger partial charge in [0.05, 0.1) is 28.8 Å². The zero-order valence-corrected chi connectivity index (χ0v) is 24.2. The molecule has 0 unspecified atom stereocenters. The maximum absolute atomic E-state index is 14.0. The lowest BCUT2D eigenvalue weighted by atomic mass is 9.84. The number of thioether (sulfide) groups is 1. The molecule has 0 spiro atoms. The van der Waals surface area contributed by atoms with Gasteiger partial charge in [0.1, 0.15) is 17.6 Å². The number of benzene rings is 2.